The van der Waals surface area contributed by atoms with Gasteiger partial charge in [-0.15, -0.1) is 0 Å². The molecule has 144 valence electrons. The molecular formula is C24H20BrN3O. The van der Waals surface area contributed by atoms with Crippen LogP contribution in [0.3, 0.4) is 0 Å². The van der Waals surface area contributed by atoms with E-state index < -0.39 is 0 Å². The van der Waals surface area contributed by atoms with Crippen molar-refractivity contribution in [2.75, 3.05) is 6.61 Å². The fourth-order valence-corrected chi connectivity index (χ4v) is 4.09. The number of rotatable bonds is 5. The maximum atomic E-state index is 5.99. The zero-order valence-corrected chi connectivity index (χ0v) is 17.7. The van der Waals surface area contributed by atoms with Crippen molar-refractivity contribution in [1.82, 2.24) is 14.5 Å². The van der Waals surface area contributed by atoms with Crippen LogP contribution in [0.15, 0.2) is 71.2 Å². The van der Waals surface area contributed by atoms with E-state index in [1.54, 1.807) is 0 Å². The van der Waals surface area contributed by atoms with E-state index in [4.69, 9.17) is 14.7 Å². The molecule has 0 saturated carbocycles. The van der Waals surface area contributed by atoms with Crippen LogP contribution in [0.2, 0.25) is 0 Å². The maximum absolute atomic E-state index is 5.99. The first-order chi connectivity index (χ1) is 14.2. The van der Waals surface area contributed by atoms with Crippen LogP contribution >= 0.6 is 15.9 Å². The highest BCUT2D eigenvalue weighted by Crippen LogP contribution is 2.32. The third kappa shape index (κ3) is 3.25. The van der Waals surface area contributed by atoms with Crippen molar-refractivity contribution in [2.24, 2.45) is 0 Å². The van der Waals surface area contributed by atoms with Crippen LogP contribution in [0, 0.1) is 0 Å². The van der Waals surface area contributed by atoms with E-state index in [2.05, 4.69) is 57.8 Å². The lowest BCUT2D eigenvalue weighted by atomic mass is 10.2. The summed E-state index contributed by atoms with van der Waals surface area (Å²) in [6.07, 6.45) is 0.981. The van der Waals surface area contributed by atoms with Crippen molar-refractivity contribution in [1.29, 1.82) is 0 Å². The Morgan fingerprint density at radius 1 is 0.931 bits per heavy atom. The van der Waals surface area contributed by atoms with E-state index in [1.807, 2.05) is 36.4 Å². The molecule has 2 aromatic heterocycles. The smallest absolute Gasteiger partial charge is 0.160 e. The molecule has 0 amide bonds. The van der Waals surface area contributed by atoms with Crippen LogP contribution in [-0.4, -0.2) is 21.1 Å². The molecule has 0 aliphatic heterocycles. The van der Waals surface area contributed by atoms with Gasteiger partial charge in [-0.05, 0) is 42.8 Å². The van der Waals surface area contributed by atoms with Crippen LogP contribution < -0.4 is 4.74 Å². The van der Waals surface area contributed by atoms with Crippen molar-refractivity contribution >= 4 is 49.0 Å². The number of ether oxygens (including phenoxy) is 1. The zero-order valence-electron chi connectivity index (χ0n) is 16.1. The van der Waals surface area contributed by atoms with E-state index in [-0.39, 0.29) is 0 Å². The Hall–Kier alpha value is -2.92. The Bertz CT molecular complexity index is 1340. The number of halogens is 1. The summed E-state index contributed by atoms with van der Waals surface area (Å²) < 4.78 is 9.27. The van der Waals surface area contributed by atoms with Gasteiger partial charge in [0.25, 0.3) is 0 Å². The molecule has 5 rings (SSSR count). The minimum absolute atomic E-state index is 0.675. The predicted molar refractivity (Wildman–Crippen MR) is 122 cm³/mol. The van der Waals surface area contributed by atoms with Gasteiger partial charge in [0.05, 0.1) is 29.7 Å². The minimum Gasteiger partial charge on any atom is -0.493 e. The second kappa shape index (κ2) is 7.48. The van der Waals surface area contributed by atoms with Crippen molar-refractivity contribution in [3.63, 3.8) is 0 Å². The van der Waals surface area contributed by atoms with Crippen LogP contribution in [0.5, 0.6) is 5.75 Å². The van der Waals surface area contributed by atoms with Gasteiger partial charge < -0.3 is 9.30 Å². The molecule has 0 N–H and O–H groups in total. The Kier molecular flexibility index (Phi) is 4.68. The predicted octanol–water partition coefficient (Wildman–Crippen LogP) is 6.34. The molecule has 0 aliphatic rings. The number of para-hydroxylation sites is 3. The quantitative estimate of drug-likeness (QED) is 0.316. The molecule has 0 aliphatic carbocycles. The van der Waals surface area contributed by atoms with Gasteiger partial charge in [-0.25, -0.2) is 9.97 Å². The first kappa shape index (κ1) is 18.1. The summed E-state index contributed by atoms with van der Waals surface area (Å²) >= 11 is 3.61. The lowest BCUT2D eigenvalue weighted by Gasteiger charge is -2.13. The fourth-order valence-electron chi connectivity index (χ4n) is 3.72. The number of hydrogen-bond acceptors (Lipinski definition) is 3. The van der Waals surface area contributed by atoms with Crippen LogP contribution in [0.25, 0.3) is 33.1 Å². The summed E-state index contributed by atoms with van der Waals surface area (Å²) in [7, 11) is 0. The summed E-state index contributed by atoms with van der Waals surface area (Å²) in [6, 6.07) is 22.6. The summed E-state index contributed by atoms with van der Waals surface area (Å²) in [5.74, 6) is 0.926. The molecule has 0 unspecified atom stereocenters. The summed E-state index contributed by atoms with van der Waals surface area (Å²) in [5.41, 5.74) is 5.87. The Balaban J connectivity index is 1.75. The largest absolute Gasteiger partial charge is 0.493 e. The van der Waals surface area contributed by atoms with Gasteiger partial charge in [-0.1, -0.05) is 53.2 Å². The SMILES string of the molecule is CCCOc1ccccc1Cn1c2ccc(Br)cc2c2nc3ccccc3nc21. The first-order valence-corrected chi connectivity index (χ1v) is 10.6. The number of hydrogen-bond donors (Lipinski definition) is 0. The molecule has 5 aromatic rings. The van der Waals surface area contributed by atoms with Crippen LogP contribution in [0.4, 0.5) is 0 Å². The van der Waals surface area contributed by atoms with Crippen molar-refractivity contribution in [2.45, 2.75) is 19.9 Å². The van der Waals surface area contributed by atoms with Gasteiger partial charge in [-0.3, -0.25) is 0 Å². The normalized spacial score (nSPS) is 11.5. The lowest BCUT2D eigenvalue weighted by molar-refractivity contribution is 0.313. The van der Waals surface area contributed by atoms with Gasteiger partial charge >= 0.3 is 0 Å². The second-order valence-electron chi connectivity index (χ2n) is 7.09. The van der Waals surface area contributed by atoms with Gasteiger partial charge in [-0.2, -0.15) is 0 Å². The van der Waals surface area contributed by atoms with Crippen molar-refractivity contribution < 1.29 is 4.74 Å². The highest BCUT2D eigenvalue weighted by atomic mass is 79.9. The van der Waals surface area contributed by atoms with E-state index in [1.165, 1.54) is 0 Å². The highest BCUT2D eigenvalue weighted by Gasteiger charge is 2.16. The van der Waals surface area contributed by atoms with E-state index in [0.717, 1.165) is 55.3 Å². The lowest BCUT2D eigenvalue weighted by Crippen LogP contribution is -2.05. The van der Waals surface area contributed by atoms with Crippen LogP contribution in [-0.2, 0) is 6.54 Å². The second-order valence-corrected chi connectivity index (χ2v) is 8.00. The Morgan fingerprint density at radius 3 is 2.52 bits per heavy atom. The maximum Gasteiger partial charge on any atom is 0.160 e. The minimum atomic E-state index is 0.675. The van der Waals surface area contributed by atoms with Crippen LogP contribution in [0.1, 0.15) is 18.9 Å². The van der Waals surface area contributed by atoms with Gasteiger partial charge in [0.1, 0.15) is 11.3 Å². The molecule has 5 heteroatoms. The highest BCUT2D eigenvalue weighted by molar-refractivity contribution is 9.10. The van der Waals surface area contributed by atoms with Gasteiger partial charge in [0.2, 0.25) is 0 Å². The molecule has 29 heavy (non-hydrogen) atoms. The average molecular weight is 446 g/mol. The molecule has 0 saturated heterocycles. The summed E-state index contributed by atoms with van der Waals surface area (Å²) in [5, 5.41) is 1.10. The standard InChI is InChI=1S/C24H20BrN3O/c1-2-13-29-22-10-6-3-7-16(22)15-28-21-12-11-17(25)14-18(21)23-24(28)27-20-9-5-4-8-19(20)26-23/h3-12,14H,2,13,15H2,1H3. The number of aromatic nitrogens is 3. The van der Waals surface area contributed by atoms with E-state index >= 15 is 0 Å². The monoisotopic (exact) mass is 445 g/mol. The molecule has 0 radical (unpaired) electrons. The van der Waals surface area contributed by atoms with Gasteiger partial charge in [0.15, 0.2) is 5.65 Å². The molecule has 0 spiro atoms. The molecule has 0 atom stereocenters. The van der Waals surface area contributed by atoms with Crippen molar-refractivity contribution in [3.05, 3.63) is 76.8 Å². The Labute approximate surface area is 177 Å². The Morgan fingerprint density at radius 2 is 1.69 bits per heavy atom. The third-order valence-electron chi connectivity index (χ3n) is 5.08. The molecular weight excluding hydrogens is 426 g/mol. The van der Waals surface area contributed by atoms with Gasteiger partial charge in [0, 0.05) is 15.4 Å². The zero-order chi connectivity index (χ0) is 19.8. The average Bonchev–Trinajstić information content (AvgIpc) is 3.03. The molecule has 3 aromatic carbocycles. The molecule has 4 nitrogen and oxygen atoms in total. The van der Waals surface area contributed by atoms with E-state index in [9.17, 15) is 0 Å². The molecule has 2 heterocycles. The van der Waals surface area contributed by atoms with E-state index in [0.29, 0.717) is 13.2 Å². The number of nitrogens with zero attached hydrogens (tertiary/aromatic N) is 3. The topological polar surface area (TPSA) is 39.9 Å². The summed E-state index contributed by atoms with van der Waals surface area (Å²) in [4.78, 5) is 9.92. The summed E-state index contributed by atoms with van der Waals surface area (Å²) in [6.45, 7) is 3.50. The van der Waals surface area contributed by atoms with Crippen molar-refractivity contribution in [3.8, 4) is 5.75 Å². The fraction of sp³-hybridized carbons (Fsp3) is 0.167. The molecule has 0 bridgehead atoms. The number of benzene rings is 3. The number of fused-ring (bicyclic) bond motifs is 4. The first-order valence-electron chi connectivity index (χ1n) is 9.79. The third-order valence-corrected chi connectivity index (χ3v) is 5.57. The molecule has 0 fully saturated rings.